The second-order valence-electron chi connectivity index (χ2n) is 1.18. The molecule has 0 aliphatic rings. The molecule has 0 amide bonds. The summed E-state index contributed by atoms with van der Waals surface area (Å²) < 4.78 is 33.0. The minimum atomic E-state index is -4.67. The molecule has 0 aromatic rings. The Kier molecular flexibility index (Phi) is 7.38. The molecule has 0 aliphatic carbocycles. The normalized spacial score (nSPS) is 9.75. The van der Waals surface area contributed by atoms with E-state index in [0.717, 1.165) is 0 Å². The summed E-state index contributed by atoms with van der Waals surface area (Å²) >= 11 is 0. The Hall–Kier alpha value is 1.14. The number of rotatable bonds is 2. The fourth-order valence-corrected chi connectivity index (χ4v) is 0.154. The average Bonchev–Trinajstić information content (AvgIpc) is 1.30. The topological polar surface area (TPSA) is 0 Å². The monoisotopic (exact) mass is 147 g/mol. The van der Waals surface area contributed by atoms with Crippen molar-refractivity contribution < 1.29 is 64.3 Å². The Morgan fingerprint density at radius 1 is 1.38 bits per heavy atom. The molecule has 8 heavy (non-hydrogen) atoms. The van der Waals surface area contributed by atoms with Crippen LogP contribution in [0.2, 0.25) is 6.32 Å². The summed E-state index contributed by atoms with van der Waals surface area (Å²) in [5.74, 6) is 0. The Morgan fingerprint density at radius 2 is 1.75 bits per heavy atom. The summed E-state index contributed by atoms with van der Waals surface area (Å²) in [5, 5.41) is 0. The van der Waals surface area contributed by atoms with Crippen LogP contribution in [0.3, 0.4) is 0 Å². The van der Waals surface area contributed by atoms with Crippen molar-refractivity contribution in [2.24, 2.45) is 0 Å². The van der Waals surface area contributed by atoms with Gasteiger partial charge in [-0.25, -0.2) is 0 Å². The van der Waals surface area contributed by atoms with Crippen molar-refractivity contribution in [2.45, 2.75) is 6.32 Å². The molecule has 0 atom stereocenters. The Balaban J connectivity index is 0. The maximum Gasteiger partial charge on any atom is 1.00 e. The Morgan fingerprint density at radius 3 is 1.75 bits per heavy atom. The maximum absolute atomic E-state index is 11.0. The van der Waals surface area contributed by atoms with Crippen LogP contribution in [-0.2, 0) is 0 Å². The minimum absolute atomic E-state index is 0. The van der Waals surface area contributed by atoms with Gasteiger partial charge in [0, 0.05) is 0 Å². The standard InChI is InChI=1S/C3H4BF3.K/c1-2-3-4(5,6)7;/h1-2H,3H2;/q;+1. The summed E-state index contributed by atoms with van der Waals surface area (Å²) in [4.78, 5) is 0. The van der Waals surface area contributed by atoms with Crippen LogP contribution < -0.4 is 51.4 Å². The molecule has 0 heterocycles. The van der Waals surface area contributed by atoms with E-state index in [1.54, 1.807) is 0 Å². The molecule has 0 aromatic heterocycles. The van der Waals surface area contributed by atoms with Crippen LogP contribution >= 0.6 is 0 Å². The summed E-state index contributed by atoms with van der Waals surface area (Å²) in [6.07, 6.45) is -0.333. The fourth-order valence-electron chi connectivity index (χ4n) is 0.154. The largest absolute Gasteiger partial charge is 1.00 e. The van der Waals surface area contributed by atoms with Gasteiger partial charge in [0.15, 0.2) is 6.58 Å². The van der Waals surface area contributed by atoms with Crippen molar-refractivity contribution in [3.05, 3.63) is 12.7 Å². The van der Waals surface area contributed by atoms with Crippen LogP contribution in [0.25, 0.3) is 0 Å². The number of hydrogen-bond acceptors (Lipinski definition) is 0. The van der Waals surface area contributed by atoms with E-state index in [4.69, 9.17) is 0 Å². The minimum Gasteiger partial charge on any atom is -0.449 e. The first-order valence-electron chi connectivity index (χ1n) is 1.80. The number of allylic oxidation sites excluding steroid dienone is 1. The van der Waals surface area contributed by atoms with Crippen molar-refractivity contribution in [3.8, 4) is 0 Å². The number of halogens is 3. The zero-order valence-corrected chi connectivity index (χ0v) is 7.70. The molecule has 0 radical (unpaired) electrons. The molecule has 0 aliphatic heterocycles. The molecule has 0 aromatic carbocycles. The third-order valence-electron chi connectivity index (χ3n) is 0.403. The molecule has 0 fully saturated rings. The van der Waals surface area contributed by atoms with Crippen LogP contribution in [0, 0.1) is 6.58 Å². The van der Waals surface area contributed by atoms with Crippen LogP contribution in [0.5, 0.6) is 0 Å². The maximum atomic E-state index is 11.0. The van der Waals surface area contributed by atoms with E-state index in [1.165, 1.54) is 0 Å². The van der Waals surface area contributed by atoms with Crippen molar-refractivity contribution >= 4 is 6.98 Å². The van der Waals surface area contributed by atoms with Gasteiger partial charge in [0.25, 0.3) is 0 Å². The Bertz CT molecular complexity index is 69.4. The van der Waals surface area contributed by atoms with Crippen molar-refractivity contribution in [1.29, 1.82) is 0 Å². The van der Waals surface area contributed by atoms with Crippen LogP contribution in [0.4, 0.5) is 12.9 Å². The van der Waals surface area contributed by atoms with Crippen LogP contribution in [-0.4, -0.2) is 6.98 Å². The molecule has 0 saturated heterocycles. The van der Waals surface area contributed by atoms with Gasteiger partial charge in [-0.2, -0.15) is 0 Å². The number of hydrogen-bond donors (Lipinski definition) is 0. The molecule has 0 N–H and O–H groups in total. The summed E-state index contributed by atoms with van der Waals surface area (Å²) in [6.45, 7) is -0.188. The molecule has 0 saturated carbocycles. The fraction of sp³-hybridized carbons (Fsp3) is 0.333. The van der Waals surface area contributed by atoms with Crippen LogP contribution in [0.15, 0.2) is 6.08 Å². The van der Waals surface area contributed by atoms with E-state index in [1.807, 2.05) is 0 Å². The quantitative estimate of drug-likeness (QED) is 0.341. The molecule has 0 bridgehead atoms. The van der Waals surface area contributed by atoms with Gasteiger partial charge in [-0.15, -0.1) is 0 Å². The first kappa shape index (κ1) is 11.9. The molecular weight excluding hydrogens is 143 g/mol. The predicted octanol–water partition coefficient (Wildman–Crippen LogP) is -1.17. The third-order valence-corrected chi connectivity index (χ3v) is 0.403. The molecule has 40 valence electrons. The zero-order valence-electron chi connectivity index (χ0n) is 4.57. The van der Waals surface area contributed by atoms with Gasteiger partial charge in [-0.05, 0) is 6.32 Å². The molecular formula is C3H4BF3K+. The third kappa shape index (κ3) is 10.2. The van der Waals surface area contributed by atoms with E-state index in [9.17, 15) is 12.9 Å². The van der Waals surface area contributed by atoms with Gasteiger partial charge < -0.3 is 12.9 Å². The van der Waals surface area contributed by atoms with Crippen LogP contribution in [0.1, 0.15) is 0 Å². The molecule has 5 heteroatoms. The molecule has 0 rings (SSSR count). The predicted molar refractivity (Wildman–Crippen MR) is 22.8 cm³/mol. The summed E-state index contributed by atoms with van der Waals surface area (Å²) in [5.41, 5.74) is 0. The molecule has 0 unspecified atom stereocenters. The second-order valence-corrected chi connectivity index (χ2v) is 1.18. The summed E-state index contributed by atoms with van der Waals surface area (Å²) in [6, 6.07) is 0. The average molecular weight is 147 g/mol. The van der Waals surface area contributed by atoms with Crippen molar-refractivity contribution in [3.63, 3.8) is 0 Å². The SMILES string of the molecule is [CH+]=CC[B-](F)(F)F.[K+]. The van der Waals surface area contributed by atoms with Crippen molar-refractivity contribution in [2.75, 3.05) is 0 Å². The van der Waals surface area contributed by atoms with Gasteiger partial charge in [-0.1, -0.05) is 0 Å². The van der Waals surface area contributed by atoms with E-state index >= 15 is 0 Å². The van der Waals surface area contributed by atoms with E-state index in [0.29, 0.717) is 6.08 Å². The summed E-state index contributed by atoms with van der Waals surface area (Å²) in [7, 11) is 0. The van der Waals surface area contributed by atoms with Gasteiger partial charge in [0.05, 0.1) is 0 Å². The van der Waals surface area contributed by atoms with E-state index in [2.05, 4.69) is 6.58 Å². The zero-order chi connectivity index (χ0) is 5.91. The van der Waals surface area contributed by atoms with Crippen molar-refractivity contribution in [1.82, 2.24) is 0 Å². The molecule has 0 spiro atoms. The second kappa shape index (κ2) is 4.97. The van der Waals surface area contributed by atoms with Gasteiger partial charge in [0.2, 0.25) is 0 Å². The van der Waals surface area contributed by atoms with E-state index in [-0.39, 0.29) is 51.4 Å². The molecule has 0 nitrogen and oxygen atoms in total. The Labute approximate surface area is 89.0 Å². The van der Waals surface area contributed by atoms with Gasteiger partial charge >= 0.3 is 58.4 Å². The first-order valence-corrected chi connectivity index (χ1v) is 1.80. The van der Waals surface area contributed by atoms with Gasteiger partial charge in [-0.3, -0.25) is 0 Å². The first-order chi connectivity index (χ1) is 3.06. The van der Waals surface area contributed by atoms with Gasteiger partial charge in [0.1, 0.15) is 6.08 Å². The smallest absolute Gasteiger partial charge is 0.449 e. The van der Waals surface area contributed by atoms with E-state index < -0.39 is 13.3 Å².